The Bertz CT molecular complexity index is 1120. The van der Waals surface area contributed by atoms with Gasteiger partial charge in [0.25, 0.3) is 11.5 Å². The fourth-order valence-corrected chi connectivity index (χ4v) is 4.37. The summed E-state index contributed by atoms with van der Waals surface area (Å²) in [5, 5.41) is 3.76. The van der Waals surface area contributed by atoms with E-state index < -0.39 is 0 Å². The first kappa shape index (κ1) is 16.2. The van der Waals surface area contributed by atoms with Crippen molar-refractivity contribution in [3.63, 3.8) is 0 Å². The second-order valence-corrected chi connectivity index (χ2v) is 7.44. The first-order valence-corrected chi connectivity index (χ1v) is 9.63. The molecule has 2 aromatic carbocycles. The van der Waals surface area contributed by atoms with Gasteiger partial charge in [-0.3, -0.25) is 14.2 Å². The third kappa shape index (κ3) is 2.74. The lowest BCUT2D eigenvalue weighted by atomic mass is 9.87. The van der Waals surface area contributed by atoms with Crippen LogP contribution in [0, 0.1) is 0 Å². The number of nitrogens with zero attached hydrogens (tertiary/aromatic N) is 2. The largest absolute Gasteiger partial charge is 0.345 e. The number of benzene rings is 2. The van der Waals surface area contributed by atoms with E-state index in [1.807, 2.05) is 6.07 Å². The van der Waals surface area contributed by atoms with Gasteiger partial charge in [-0.2, -0.15) is 0 Å². The molecular formula is C22H21N3O2. The number of amides is 1. The number of carbonyl (C=O) groups excluding carboxylic acids is 1. The van der Waals surface area contributed by atoms with Crippen molar-refractivity contribution in [3.8, 4) is 0 Å². The smallest absolute Gasteiger partial charge is 0.261 e. The Hall–Kier alpha value is -2.95. The van der Waals surface area contributed by atoms with E-state index in [-0.39, 0.29) is 17.5 Å². The molecule has 0 bridgehead atoms. The highest BCUT2D eigenvalue weighted by Gasteiger charge is 2.22. The number of carbonyl (C=O) groups is 1. The van der Waals surface area contributed by atoms with Gasteiger partial charge in [0.2, 0.25) is 0 Å². The lowest BCUT2D eigenvalue weighted by molar-refractivity contribution is 0.0933. The topological polar surface area (TPSA) is 64.0 Å². The van der Waals surface area contributed by atoms with Crippen molar-refractivity contribution in [3.05, 3.63) is 75.3 Å². The maximum atomic E-state index is 12.9. The molecule has 0 unspecified atom stereocenters. The van der Waals surface area contributed by atoms with Crippen LogP contribution in [0.5, 0.6) is 0 Å². The van der Waals surface area contributed by atoms with Crippen molar-refractivity contribution < 1.29 is 4.79 Å². The molecule has 0 saturated carbocycles. The first-order valence-electron chi connectivity index (χ1n) is 9.63. The van der Waals surface area contributed by atoms with Gasteiger partial charge in [-0.15, -0.1) is 0 Å². The summed E-state index contributed by atoms with van der Waals surface area (Å²) in [7, 11) is 0. The Labute approximate surface area is 157 Å². The summed E-state index contributed by atoms with van der Waals surface area (Å²) < 4.78 is 1.75. The number of hydrogen-bond acceptors (Lipinski definition) is 3. The van der Waals surface area contributed by atoms with Crippen molar-refractivity contribution in [1.82, 2.24) is 14.9 Å². The fourth-order valence-electron chi connectivity index (χ4n) is 4.37. The van der Waals surface area contributed by atoms with Crippen LogP contribution in [0.3, 0.4) is 0 Å². The maximum absolute atomic E-state index is 12.9. The minimum atomic E-state index is -0.110. The molecule has 0 saturated heterocycles. The van der Waals surface area contributed by atoms with Gasteiger partial charge in [-0.05, 0) is 55.0 Å². The van der Waals surface area contributed by atoms with Crippen LogP contribution in [0.4, 0.5) is 0 Å². The Balaban J connectivity index is 1.47. The van der Waals surface area contributed by atoms with Gasteiger partial charge < -0.3 is 5.32 Å². The zero-order valence-electron chi connectivity index (χ0n) is 15.1. The molecule has 1 amide bonds. The molecule has 0 radical (unpaired) electrons. The van der Waals surface area contributed by atoms with Crippen LogP contribution < -0.4 is 10.9 Å². The van der Waals surface area contributed by atoms with Crippen molar-refractivity contribution in [2.45, 2.75) is 44.7 Å². The molecule has 5 rings (SSSR count). The summed E-state index contributed by atoms with van der Waals surface area (Å²) in [4.78, 5) is 30.1. The highest BCUT2D eigenvalue weighted by Crippen LogP contribution is 2.29. The van der Waals surface area contributed by atoms with Gasteiger partial charge in [0, 0.05) is 18.5 Å². The summed E-state index contributed by atoms with van der Waals surface area (Å²) in [6.45, 7) is 0.737. The summed E-state index contributed by atoms with van der Waals surface area (Å²) in [5.41, 5.74) is 3.70. The van der Waals surface area contributed by atoms with E-state index in [4.69, 9.17) is 0 Å². The SMILES string of the molecule is O=C(N[C@@H]1CCCc2ccccc21)c1ccc2c(=O)n3c(nc2c1)CCC3. The molecule has 3 aromatic rings. The molecule has 5 heteroatoms. The van der Waals surface area contributed by atoms with Gasteiger partial charge in [0.15, 0.2) is 0 Å². The van der Waals surface area contributed by atoms with Crippen LogP contribution in [-0.2, 0) is 19.4 Å². The van der Waals surface area contributed by atoms with Crippen molar-refractivity contribution in [1.29, 1.82) is 0 Å². The van der Waals surface area contributed by atoms with Gasteiger partial charge in [0.1, 0.15) is 5.82 Å². The minimum absolute atomic E-state index is 0.000617. The molecule has 2 heterocycles. The van der Waals surface area contributed by atoms with Crippen molar-refractivity contribution >= 4 is 16.8 Å². The summed E-state index contributed by atoms with van der Waals surface area (Å²) in [5.74, 6) is 0.715. The van der Waals surface area contributed by atoms with Crippen LogP contribution in [0.1, 0.15) is 52.6 Å². The predicted octanol–water partition coefficient (Wildman–Crippen LogP) is 3.15. The quantitative estimate of drug-likeness (QED) is 0.764. The van der Waals surface area contributed by atoms with E-state index in [1.54, 1.807) is 22.8 Å². The second kappa shape index (κ2) is 6.34. The molecule has 27 heavy (non-hydrogen) atoms. The number of fused-ring (bicyclic) bond motifs is 3. The number of hydrogen-bond donors (Lipinski definition) is 1. The third-order valence-electron chi connectivity index (χ3n) is 5.75. The average molecular weight is 359 g/mol. The zero-order chi connectivity index (χ0) is 18.4. The molecule has 0 fully saturated rings. The van der Waals surface area contributed by atoms with Gasteiger partial charge in [0.05, 0.1) is 16.9 Å². The second-order valence-electron chi connectivity index (χ2n) is 7.44. The number of nitrogens with one attached hydrogen (secondary N) is 1. The van der Waals surface area contributed by atoms with Crippen LogP contribution in [0.25, 0.3) is 10.9 Å². The molecule has 1 aliphatic heterocycles. The molecule has 1 atom stereocenters. The molecule has 1 aromatic heterocycles. The zero-order valence-corrected chi connectivity index (χ0v) is 15.1. The minimum Gasteiger partial charge on any atom is -0.345 e. The van der Waals surface area contributed by atoms with Crippen molar-refractivity contribution in [2.75, 3.05) is 0 Å². The monoisotopic (exact) mass is 359 g/mol. The number of aryl methyl sites for hydroxylation is 2. The number of rotatable bonds is 2. The highest BCUT2D eigenvalue weighted by atomic mass is 16.1. The van der Waals surface area contributed by atoms with Crippen LogP contribution in [0.2, 0.25) is 0 Å². The Kier molecular flexibility index (Phi) is 3.81. The molecule has 5 nitrogen and oxygen atoms in total. The number of aromatic nitrogens is 2. The molecule has 1 aliphatic carbocycles. The molecule has 1 N–H and O–H groups in total. The van der Waals surface area contributed by atoms with Gasteiger partial charge in [-0.1, -0.05) is 24.3 Å². The van der Waals surface area contributed by atoms with Gasteiger partial charge in [-0.25, -0.2) is 4.98 Å². The molecule has 136 valence electrons. The van der Waals surface area contributed by atoms with Crippen LogP contribution >= 0.6 is 0 Å². The van der Waals surface area contributed by atoms with E-state index in [0.29, 0.717) is 16.5 Å². The van der Waals surface area contributed by atoms with E-state index >= 15 is 0 Å². The standard InChI is InChI=1S/C22H21N3O2/c26-21(24-18-8-3-6-14-5-1-2-7-16(14)18)15-10-11-17-19(13-15)23-20-9-4-12-25(20)22(17)27/h1-2,5,7,10-11,13,18H,3-4,6,8-9,12H2,(H,24,26)/t18-/m1/s1. The van der Waals surface area contributed by atoms with Crippen LogP contribution in [-0.4, -0.2) is 15.5 Å². The Morgan fingerprint density at radius 2 is 2.00 bits per heavy atom. The predicted molar refractivity (Wildman–Crippen MR) is 104 cm³/mol. The highest BCUT2D eigenvalue weighted by molar-refractivity contribution is 5.97. The molecule has 0 spiro atoms. The Morgan fingerprint density at radius 3 is 2.93 bits per heavy atom. The molecule has 2 aliphatic rings. The van der Waals surface area contributed by atoms with E-state index in [0.717, 1.165) is 44.5 Å². The maximum Gasteiger partial charge on any atom is 0.261 e. The van der Waals surface area contributed by atoms with E-state index in [2.05, 4.69) is 28.5 Å². The van der Waals surface area contributed by atoms with E-state index in [1.165, 1.54) is 11.1 Å². The normalized spacial score (nSPS) is 18.1. The summed E-state index contributed by atoms with van der Waals surface area (Å²) >= 11 is 0. The van der Waals surface area contributed by atoms with Crippen LogP contribution in [0.15, 0.2) is 47.3 Å². The summed E-state index contributed by atoms with van der Waals surface area (Å²) in [6, 6.07) is 13.6. The molecular weight excluding hydrogens is 338 g/mol. The third-order valence-corrected chi connectivity index (χ3v) is 5.75. The lowest BCUT2D eigenvalue weighted by Crippen LogP contribution is -2.31. The fraction of sp³-hybridized carbons (Fsp3) is 0.318. The summed E-state index contributed by atoms with van der Waals surface area (Å²) in [6.07, 6.45) is 4.86. The van der Waals surface area contributed by atoms with Crippen molar-refractivity contribution in [2.24, 2.45) is 0 Å². The van der Waals surface area contributed by atoms with E-state index in [9.17, 15) is 9.59 Å². The average Bonchev–Trinajstić information content (AvgIpc) is 3.17. The van der Waals surface area contributed by atoms with Gasteiger partial charge >= 0.3 is 0 Å². The first-order chi connectivity index (χ1) is 13.2. The Morgan fingerprint density at radius 1 is 1.11 bits per heavy atom. The lowest BCUT2D eigenvalue weighted by Gasteiger charge is -2.26.